The average Bonchev–Trinajstić information content (AvgIpc) is 3.08. The summed E-state index contributed by atoms with van der Waals surface area (Å²) in [5.74, 6) is 0.421. The van der Waals surface area contributed by atoms with Gasteiger partial charge in [0, 0.05) is 23.6 Å². The maximum Gasteiger partial charge on any atom is 0.227 e. The number of carbonyl (C=O) groups is 2. The molecule has 0 saturated heterocycles. The lowest BCUT2D eigenvalue weighted by molar-refractivity contribution is -0.129. The van der Waals surface area contributed by atoms with Crippen LogP contribution in [0.4, 0.5) is 5.69 Å². The van der Waals surface area contributed by atoms with Crippen molar-refractivity contribution in [2.75, 3.05) is 5.32 Å². The molecule has 3 rings (SSSR count). The molecule has 24 heavy (non-hydrogen) atoms. The van der Waals surface area contributed by atoms with Crippen molar-refractivity contribution in [1.82, 2.24) is 5.32 Å². The van der Waals surface area contributed by atoms with Gasteiger partial charge in [0.15, 0.2) is 0 Å². The molecule has 0 aromatic heterocycles. The van der Waals surface area contributed by atoms with Gasteiger partial charge in [0.05, 0.1) is 0 Å². The fourth-order valence-corrected chi connectivity index (χ4v) is 3.97. The molecule has 0 atom stereocenters. The largest absolute Gasteiger partial charge is 0.353 e. The zero-order valence-corrected chi connectivity index (χ0v) is 14.5. The Kier molecular flexibility index (Phi) is 5.54. The first-order valence-electron chi connectivity index (χ1n) is 9.30. The van der Waals surface area contributed by atoms with E-state index in [1.165, 1.54) is 12.8 Å². The van der Waals surface area contributed by atoms with Gasteiger partial charge in [0.1, 0.15) is 0 Å². The normalized spacial score (nSPS) is 24.5. The van der Waals surface area contributed by atoms with Crippen molar-refractivity contribution >= 4 is 17.5 Å². The number of anilines is 1. The molecule has 2 aliphatic rings. The van der Waals surface area contributed by atoms with Gasteiger partial charge in [0.25, 0.3) is 0 Å². The van der Waals surface area contributed by atoms with Gasteiger partial charge in [-0.2, -0.15) is 0 Å². The Morgan fingerprint density at radius 2 is 1.54 bits per heavy atom. The first-order chi connectivity index (χ1) is 11.6. The third-order valence-corrected chi connectivity index (χ3v) is 5.46. The summed E-state index contributed by atoms with van der Waals surface area (Å²) in [6, 6.07) is 8.27. The summed E-state index contributed by atoms with van der Waals surface area (Å²) in [7, 11) is 0. The third-order valence-electron chi connectivity index (χ3n) is 5.46. The Balaban J connectivity index is 1.45. The summed E-state index contributed by atoms with van der Waals surface area (Å²) in [4.78, 5) is 24.8. The Bertz CT molecular complexity index is 585. The smallest absolute Gasteiger partial charge is 0.227 e. The molecular weight excluding hydrogens is 300 g/mol. The molecule has 2 N–H and O–H groups in total. The minimum atomic E-state index is 0.0287. The number of hydrogen-bond acceptors (Lipinski definition) is 2. The Hall–Kier alpha value is -1.84. The van der Waals surface area contributed by atoms with Crippen molar-refractivity contribution in [3.63, 3.8) is 0 Å². The lowest BCUT2D eigenvalue weighted by Gasteiger charge is -2.28. The average molecular weight is 328 g/mol. The molecule has 0 radical (unpaired) electrons. The number of rotatable bonds is 4. The Labute approximate surface area is 144 Å². The van der Waals surface area contributed by atoms with Crippen LogP contribution in [0.25, 0.3) is 0 Å². The molecule has 4 nitrogen and oxygen atoms in total. The molecule has 2 aliphatic carbocycles. The highest BCUT2D eigenvalue weighted by Gasteiger charge is 2.31. The van der Waals surface area contributed by atoms with Gasteiger partial charge in [-0.1, -0.05) is 25.0 Å². The van der Waals surface area contributed by atoms with Crippen LogP contribution in [-0.2, 0) is 9.59 Å². The van der Waals surface area contributed by atoms with Crippen LogP contribution in [0.1, 0.15) is 56.9 Å². The van der Waals surface area contributed by atoms with Crippen LogP contribution in [-0.4, -0.2) is 17.9 Å². The van der Waals surface area contributed by atoms with Gasteiger partial charge < -0.3 is 10.6 Å². The fraction of sp³-hybridized carbons (Fsp3) is 0.600. The second-order valence-corrected chi connectivity index (χ2v) is 7.40. The van der Waals surface area contributed by atoms with Crippen LogP contribution in [0.3, 0.4) is 0 Å². The summed E-state index contributed by atoms with van der Waals surface area (Å²) in [6.07, 6.45) is 7.98. The van der Waals surface area contributed by atoms with Gasteiger partial charge in [-0.05, 0) is 63.1 Å². The van der Waals surface area contributed by atoms with Gasteiger partial charge in [0.2, 0.25) is 11.8 Å². The highest BCUT2D eigenvalue weighted by molar-refractivity contribution is 5.92. The topological polar surface area (TPSA) is 58.2 Å². The number of nitrogens with one attached hydrogen (secondary N) is 2. The van der Waals surface area contributed by atoms with E-state index in [9.17, 15) is 9.59 Å². The standard InChI is InChI=1S/C20H28N2O2/c1-14-5-4-8-18(13-14)22-20(24)16-11-9-15(10-12-16)19(23)21-17-6-2-3-7-17/h4-5,8,13,15-17H,2-3,6-7,9-12H2,1H3,(H,21,23)(H,22,24). The van der Waals surface area contributed by atoms with E-state index in [2.05, 4.69) is 10.6 Å². The van der Waals surface area contributed by atoms with Crippen LogP contribution in [0, 0.1) is 18.8 Å². The molecule has 1 aromatic rings. The van der Waals surface area contributed by atoms with Crippen LogP contribution in [0.2, 0.25) is 0 Å². The lowest BCUT2D eigenvalue weighted by Crippen LogP contribution is -2.39. The molecule has 0 spiro atoms. The summed E-state index contributed by atoms with van der Waals surface area (Å²) >= 11 is 0. The second kappa shape index (κ2) is 7.82. The number of amides is 2. The van der Waals surface area contributed by atoms with Crippen molar-refractivity contribution in [2.45, 2.75) is 64.3 Å². The molecule has 2 amide bonds. The lowest BCUT2D eigenvalue weighted by atomic mass is 9.81. The fourth-order valence-electron chi connectivity index (χ4n) is 3.97. The van der Waals surface area contributed by atoms with Crippen LogP contribution >= 0.6 is 0 Å². The minimum Gasteiger partial charge on any atom is -0.353 e. The highest BCUT2D eigenvalue weighted by Crippen LogP contribution is 2.30. The van der Waals surface area contributed by atoms with Gasteiger partial charge in [-0.15, -0.1) is 0 Å². The molecule has 0 heterocycles. The quantitative estimate of drug-likeness (QED) is 0.883. The Morgan fingerprint density at radius 3 is 2.17 bits per heavy atom. The summed E-state index contributed by atoms with van der Waals surface area (Å²) in [5.41, 5.74) is 2.00. The minimum absolute atomic E-state index is 0.0287. The zero-order valence-electron chi connectivity index (χ0n) is 14.5. The van der Waals surface area contributed by atoms with E-state index < -0.39 is 0 Å². The molecule has 2 fully saturated rings. The molecule has 4 heteroatoms. The van der Waals surface area contributed by atoms with Crippen LogP contribution in [0.15, 0.2) is 24.3 Å². The number of benzene rings is 1. The first-order valence-corrected chi connectivity index (χ1v) is 9.30. The van der Waals surface area contributed by atoms with E-state index in [-0.39, 0.29) is 23.7 Å². The van der Waals surface area contributed by atoms with Crippen molar-refractivity contribution in [1.29, 1.82) is 0 Å². The molecular formula is C20H28N2O2. The van der Waals surface area contributed by atoms with E-state index >= 15 is 0 Å². The summed E-state index contributed by atoms with van der Waals surface area (Å²) < 4.78 is 0. The van der Waals surface area contributed by atoms with Gasteiger partial charge in [-0.3, -0.25) is 9.59 Å². The van der Waals surface area contributed by atoms with Crippen molar-refractivity contribution < 1.29 is 9.59 Å². The number of hydrogen-bond donors (Lipinski definition) is 2. The maximum atomic E-state index is 12.4. The third kappa shape index (κ3) is 4.37. The van der Waals surface area contributed by atoms with Gasteiger partial charge in [-0.25, -0.2) is 0 Å². The molecule has 0 aliphatic heterocycles. The van der Waals surface area contributed by atoms with Gasteiger partial charge >= 0.3 is 0 Å². The number of aryl methyl sites for hydroxylation is 1. The molecule has 1 aromatic carbocycles. The Morgan fingerprint density at radius 1 is 0.917 bits per heavy atom. The maximum absolute atomic E-state index is 12.4. The summed E-state index contributed by atoms with van der Waals surface area (Å²) in [5, 5.41) is 6.21. The summed E-state index contributed by atoms with van der Waals surface area (Å²) in [6.45, 7) is 2.02. The molecule has 0 bridgehead atoms. The second-order valence-electron chi connectivity index (χ2n) is 7.40. The molecule has 0 unspecified atom stereocenters. The molecule has 2 saturated carbocycles. The van der Waals surface area contributed by atoms with E-state index in [1.54, 1.807) is 0 Å². The predicted molar refractivity (Wildman–Crippen MR) is 95.7 cm³/mol. The van der Waals surface area contributed by atoms with Crippen molar-refractivity contribution in [3.8, 4) is 0 Å². The van der Waals surface area contributed by atoms with Crippen LogP contribution in [0.5, 0.6) is 0 Å². The number of carbonyl (C=O) groups excluding carboxylic acids is 2. The zero-order chi connectivity index (χ0) is 16.9. The first kappa shape index (κ1) is 17.0. The van der Waals surface area contributed by atoms with E-state index in [4.69, 9.17) is 0 Å². The monoisotopic (exact) mass is 328 g/mol. The van der Waals surface area contributed by atoms with Crippen molar-refractivity contribution in [2.24, 2.45) is 11.8 Å². The molecule has 130 valence electrons. The van der Waals surface area contributed by atoms with E-state index in [1.807, 2.05) is 31.2 Å². The predicted octanol–water partition coefficient (Wildman–Crippen LogP) is 3.80. The SMILES string of the molecule is Cc1cccc(NC(=O)C2CCC(C(=O)NC3CCCC3)CC2)c1. The van der Waals surface area contributed by atoms with Crippen molar-refractivity contribution in [3.05, 3.63) is 29.8 Å². The highest BCUT2D eigenvalue weighted by atomic mass is 16.2. The van der Waals surface area contributed by atoms with Crippen LogP contribution < -0.4 is 10.6 Å². The van der Waals surface area contributed by atoms with E-state index in [0.29, 0.717) is 6.04 Å². The van der Waals surface area contributed by atoms with E-state index in [0.717, 1.165) is 49.8 Å².